The fourth-order valence-electron chi connectivity index (χ4n) is 14.2. The van der Waals surface area contributed by atoms with Crippen molar-refractivity contribution in [2.45, 2.75) is 0 Å². The van der Waals surface area contributed by atoms with Crippen LogP contribution in [-0.4, -0.2) is 23.7 Å². The van der Waals surface area contributed by atoms with Crippen molar-refractivity contribution in [3.05, 3.63) is 346 Å². The summed E-state index contributed by atoms with van der Waals surface area (Å²) < 4.78 is 7.39. The molecule has 5 nitrogen and oxygen atoms in total. The highest BCUT2D eigenvalue weighted by Crippen LogP contribution is 2.47. The molecular weight excluding hydrogens is 1130 g/mol. The smallest absolute Gasteiger partial charge is 0.165 e. The average Bonchev–Trinajstić information content (AvgIpc) is 1.64. The summed E-state index contributed by atoms with van der Waals surface area (Å²) in [5.74, 6) is 1.56. The molecule has 0 unspecified atom stereocenters. The zero-order valence-corrected chi connectivity index (χ0v) is 50.6. The first-order valence-electron chi connectivity index (χ1n) is 31.8. The number of rotatable bonds is 11. The van der Waals surface area contributed by atoms with E-state index >= 15 is 0 Å². The summed E-state index contributed by atoms with van der Waals surface area (Å²) in [5.41, 5.74) is 25.0. The molecule has 13 aromatic carbocycles. The van der Waals surface area contributed by atoms with Gasteiger partial charge in [-0.3, -0.25) is 14.1 Å². The van der Waals surface area contributed by atoms with E-state index in [1.807, 2.05) is 12.3 Å². The van der Waals surface area contributed by atoms with Crippen molar-refractivity contribution in [1.29, 1.82) is 0 Å². The van der Waals surface area contributed by atoms with E-state index in [4.69, 9.17) is 9.97 Å². The van der Waals surface area contributed by atoms with E-state index < -0.39 is 0 Å². The Morgan fingerprint density at radius 3 is 0.839 bits per heavy atom. The molecule has 0 aliphatic carbocycles. The number of hydrogen-bond acceptors (Lipinski definition) is 2. The van der Waals surface area contributed by atoms with Crippen LogP contribution in [0.4, 0.5) is 0 Å². The molecule has 5 heterocycles. The summed E-state index contributed by atoms with van der Waals surface area (Å²) in [5, 5.41) is 6.81. The maximum atomic E-state index is 6.34. The molecule has 0 saturated heterocycles. The lowest BCUT2D eigenvalue weighted by atomic mass is 9.99. The summed E-state index contributed by atoms with van der Waals surface area (Å²) in [6.07, 6.45) is 1.88. The van der Waals surface area contributed by atoms with Crippen molar-refractivity contribution in [3.63, 3.8) is 0 Å². The Kier molecular flexibility index (Phi) is 12.8. The molecule has 18 rings (SSSR count). The normalized spacial score (nSPS) is 11.7. The summed E-state index contributed by atoms with van der Waals surface area (Å²) >= 11 is 0. The van der Waals surface area contributed by atoms with Crippen LogP contribution in [0.25, 0.3) is 172 Å². The van der Waals surface area contributed by atoms with Crippen molar-refractivity contribution < 1.29 is 0 Å². The van der Waals surface area contributed by atoms with Gasteiger partial charge >= 0.3 is 0 Å². The number of pyridine rings is 2. The molecule has 0 bridgehead atoms. The van der Waals surface area contributed by atoms with Crippen LogP contribution < -0.4 is 0 Å². The van der Waals surface area contributed by atoms with E-state index in [0.717, 1.165) is 172 Å². The highest BCUT2D eigenvalue weighted by molar-refractivity contribution is 6.16. The molecule has 5 heteroatoms. The fraction of sp³-hybridized carbons (Fsp3) is 0. The molecule has 434 valence electrons. The predicted octanol–water partition coefficient (Wildman–Crippen LogP) is 23.1. The topological polar surface area (TPSA) is 40.6 Å². The first kappa shape index (κ1) is 53.6. The van der Waals surface area contributed by atoms with Gasteiger partial charge in [0.15, 0.2) is 5.82 Å². The van der Waals surface area contributed by atoms with Gasteiger partial charge in [0.1, 0.15) is 5.82 Å². The van der Waals surface area contributed by atoms with Gasteiger partial charge in [0.25, 0.3) is 0 Å². The minimum atomic E-state index is 0.778. The van der Waals surface area contributed by atoms with E-state index in [2.05, 4.69) is 347 Å². The SMILES string of the molecule is c1ccc(-c2ccc3c(c2)c2cc(-c4ccccc4)ccc2n3-c2cc(-c3cccc(-c4ccccn4)c3)c(-n3c4ccc(-c5ccccc5)cc4c4cc(-c5ccccc5)ccc43)c(-n3c4ccc(-c5ccccc5)cc4c4cc(-c5ccccc5)ccc43)n2)cc1. The van der Waals surface area contributed by atoms with Crippen LogP contribution in [0, 0.1) is 0 Å². The molecule has 5 aromatic heterocycles. The summed E-state index contributed by atoms with van der Waals surface area (Å²) in [7, 11) is 0. The zero-order valence-electron chi connectivity index (χ0n) is 50.6. The molecule has 0 fully saturated rings. The standard InChI is InChI=1S/C88H57N5/c1-7-22-58(23-8-1)64-37-43-80-73(51-64)74-52-65(59-24-9-2-10-25-59)38-44-81(74)91(80)86-57-72(70-34-21-35-71(50-70)79-36-19-20-49-89-79)87(92-82-45-39-66(60-26-11-3-12-27-60)53-75(82)76-54-67(40-46-83(76)92)61-28-13-4-14-29-61)88(90-86)93-84-47-41-68(62-30-15-5-16-31-62)55-77(84)78-56-69(42-48-85(78)93)63-32-17-6-18-33-63/h1-57H. The maximum absolute atomic E-state index is 6.34. The number of hydrogen-bond donors (Lipinski definition) is 0. The van der Waals surface area contributed by atoms with Crippen LogP contribution in [0.15, 0.2) is 346 Å². The second kappa shape index (κ2) is 22.2. The van der Waals surface area contributed by atoms with Gasteiger partial charge in [-0.1, -0.05) is 243 Å². The Labute approximate surface area is 538 Å². The predicted molar refractivity (Wildman–Crippen MR) is 389 cm³/mol. The molecule has 0 aliphatic heterocycles. The summed E-state index contributed by atoms with van der Waals surface area (Å²) in [6, 6.07) is 124. The van der Waals surface area contributed by atoms with Crippen molar-refractivity contribution in [1.82, 2.24) is 23.7 Å². The molecule has 0 amide bonds. The minimum Gasteiger partial charge on any atom is -0.305 e. The number of nitrogens with zero attached hydrogens (tertiary/aromatic N) is 5. The first-order valence-corrected chi connectivity index (χ1v) is 31.8. The van der Waals surface area contributed by atoms with E-state index in [9.17, 15) is 0 Å². The molecule has 18 aromatic rings. The Morgan fingerprint density at radius 2 is 0.505 bits per heavy atom. The third kappa shape index (κ3) is 9.24. The van der Waals surface area contributed by atoms with E-state index in [0.29, 0.717) is 0 Å². The van der Waals surface area contributed by atoms with Crippen LogP contribution in [0.2, 0.25) is 0 Å². The Morgan fingerprint density at radius 1 is 0.204 bits per heavy atom. The third-order valence-electron chi connectivity index (χ3n) is 18.7. The maximum Gasteiger partial charge on any atom is 0.165 e. The van der Waals surface area contributed by atoms with Crippen LogP contribution >= 0.6 is 0 Å². The molecule has 0 radical (unpaired) electrons. The van der Waals surface area contributed by atoms with Gasteiger partial charge in [0, 0.05) is 49.6 Å². The molecule has 0 aliphatic rings. The highest BCUT2D eigenvalue weighted by Gasteiger charge is 2.28. The van der Waals surface area contributed by atoms with E-state index in [-0.39, 0.29) is 0 Å². The quantitative estimate of drug-likeness (QED) is 0.129. The minimum absolute atomic E-state index is 0.778. The van der Waals surface area contributed by atoms with E-state index in [1.54, 1.807) is 0 Å². The molecule has 93 heavy (non-hydrogen) atoms. The van der Waals surface area contributed by atoms with Gasteiger partial charge < -0.3 is 4.57 Å². The van der Waals surface area contributed by atoms with Gasteiger partial charge in [-0.05, 0) is 169 Å². The molecule has 0 saturated carbocycles. The second-order valence-electron chi connectivity index (χ2n) is 24.1. The fourth-order valence-corrected chi connectivity index (χ4v) is 14.2. The first-order chi connectivity index (χ1) is 46.1. The highest BCUT2D eigenvalue weighted by atomic mass is 15.2. The van der Waals surface area contributed by atoms with Crippen LogP contribution in [-0.2, 0) is 0 Å². The Balaban J connectivity index is 1.02. The average molecular weight is 1180 g/mol. The van der Waals surface area contributed by atoms with Crippen LogP contribution in [0.3, 0.4) is 0 Å². The summed E-state index contributed by atoms with van der Waals surface area (Å²) in [6.45, 7) is 0. The largest absolute Gasteiger partial charge is 0.305 e. The summed E-state index contributed by atoms with van der Waals surface area (Å²) in [4.78, 5) is 11.3. The number of fused-ring (bicyclic) bond motifs is 9. The van der Waals surface area contributed by atoms with Gasteiger partial charge in [-0.15, -0.1) is 0 Å². The lowest BCUT2D eigenvalue weighted by Gasteiger charge is -2.22. The molecule has 0 spiro atoms. The molecular formula is C88H57N5. The van der Waals surface area contributed by atoms with Crippen molar-refractivity contribution in [2.75, 3.05) is 0 Å². The zero-order chi connectivity index (χ0) is 61.3. The number of aromatic nitrogens is 5. The third-order valence-corrected chi connectivity index (χ3v) is 18.7. The Hall–Kier alpha value is -12.4. The lowest BCUT2D eigenvalue weighted by molar-refractivity contribution is 0.985. The molecule has 0 atom stereocenters. The van der Waals surface area contributed by atoms with Crippen LogP contribution in [0.1, 0.15) is 0 Å². The second-order valence-corrected chi connectivity index (χ2v) is 24.1. The van der Waals surface area contributed by atoms with Gasteiger partial charge in [-0.2, -0.15) is 0 Å². The monoisotopic (exact) mass is 1180 g/mol. The lowest BCUT2D eigenvalue weighted by Crippen LogP contribution is -2.11. The Bertz CT molecular complexity index is 5590. The van der Waals surface area contributed by atoms with E-state index in [1.165, 1.54) is 0 Å². The van der Waals surface area contributed by atoms with Crippen molar-refractivity contribution >= 4 is 65.4 Å². The number of benzene rings is 13. The van der Waals surface area contributed by atoms with Gasteiger partial charge in [0.05, 0.1) is 44.5 Å². The van der Waals surface area contributed by atoms with Crippen LogP contribution in [0.5, 0.6) is 0 Å². The van der Waals surface area contributed by atoms with Gasteiger partial charge in [0.2, 0.25) is 0 Å². The van der Waals surface area contributed by atoms with Crippen molar-refractivity contribution in [2.24, 2.45) is 0 Å². The molecule has 0 N–H and O–H groups in total. The van der Waals surface area contributed by atoms with Crippen molar-refractivity contribution in [3.8, 4) is 106 Å². The van der Waals surface area contributed by atoms with Gasteiger partial charge in [-0.25, -0.2) is 4.98 Å².